The van der Waals surface area contributed by atoms with Gasteiger partial charge in [-0.15, -0.1) is 0 Å². The van der Waals surface area contributed by atoms with Gasteiger partial charge in [0.15, 0.2) is 17.4 Å². The van der Waals surface area contributed by atoms with Crippen LogP contribution in [0.2, 0.25) is 10.0 Å². The molecule has 0 saturated carbocycles. The van der Waals surface area contributed by atoms with E-state index in [0.717, 1.165) is 12.1 Å². The molecule has 2 rings (SSSR count). The molecule has 2 aromatic carbocycles. The second-order valence-electron chi connectivity index (χ2n) is 3.89. The van der Waals surface area contributed by atoms with Gasteiger partial charge < -0.3 is 10.5 Å². The molecular formula is C13H8Cl2F2N2O. The Kier molecular flexibility index (Phi) is 4.11. The Labute approximate surface area is 123 Å². The second-order valence-corrected chi connectivity index (χ2v) is 4.76. The van der Waals surface area contributed by atoms with Crippen molar-refractivity contribution >= 4 is 29.0 Å². The molecule has 0 heterocycles. The third-order valence-electron chi connectivity index (χ3n) is 2.37. The molecule has 3 nitrogen and oxygen atoms in total. The van der Waals surface area contributed by atoms with Crippen LogP contribution in [-0.4, -0.2) is 5.84 Å². The average Bonchev–Trinajstić information content (AvgIpc) is 2.32. The number of rotatable bonds is 3. The van der Waals surface area contributed by atoms with Crippen LogP contribution in [0.3, 0.4) is 0 Å². The summed E-state index contributed by atoms with van der Waals surface area (Å²) in [5, 5.41) is 7.69. The Bertz CT molecular complexity index is 649. The Morgan fingerprint density at radius 3 is 1.95 bits per heavy atom. The maximum absolute atomic E-state index is 13.8. The van der Waals surface area contributed by atoms with Crippen LogP contribution in [0, 0.1) is 17.0 Å². The first kappa shape index (κ1) is 14.6. The molecule has 0 aromatic heterocycles. The number of amidine groups is 1. The summed E-state index contributed by atoms with van der Waals surface area (Å²) in [6, 6.07) is 6.01. The lowest BCUT2D eigenvalue weighted by atomic mass is 10.2. The van der Waals surface area contributed by atoms with E-state index in [4.69, 9.17) is 39.1 Å². The number of nitrogens with two attached hydrogens (primary N) is 1. The summed E-state index contributed by atoms with van der Waals surface area (Å²) in [5.74, 6) is -2.93. The van der Waals surface area contributed by atoms with Gasteiger partial charge in [0.1, 0.15) is 11.6 Å². The predicted molar refractivity (Wildman–Crippen MR) is 73.9 cm³/mol. The topological polar surface area (TPSA) is 59.1 Å². The van der Waals surface area contributed by atoms with Gasteiger partial charge in [0.2, 0.25) is 0 Å². The molecule has 7 heteroatoms. The van der Waals surface area contributed by atoms with Gasteiger partial charge in [-0.3, -0.25) is 5.41 Å². The molecule has 0 unspecified atom stereocenters. The fourth-order valence-corrected chi connectivity index (χ4v) is 2.02. The van der Waals surface area contributed by atoms with E-state index >= 15 is 0 Å². The van der Waals surface area contributed by atoms with Crippen molar-refractivity contribution in [2.45, 2.75) is 0 Å². The van der Waals surface area contributed by atoms with E-state index in [1.165, 1.54) is 18.2 Å². The monoisotopic (exact) mass is 316 g/mol. The molecule has 0 fully saturated rings. The van der Waals surface area contributed by atoms with Crippen molar-refractivity contribution in [3.05, 3.63) is 57.6 Å². The number of halogens is 4. The normalized spacial score (nSPS) is 10.4. The highest BCUT2D eigenvalue weighted by Crippen LogP contribution is 2.32. The smallest absolute Gasteiger partial charge is 0.198 e. The van der Waals surface area contributed by atoms with E-state index in [9.17, 15) is 8.78 Å². The lowest BCUT2D eigenvalue weighted by molar-refractivity contribution is 0.407. The van der Waals surface area contributed by atoms with Crippen LogP contribution in [0.25, 0.3) is 0 Å². The maximum atomic E-state index is 13.8. The van der Waals surface area contributed by atoms with Gasteiger partial charge in [0.05, 0.1) is 0 Å². The fourth-order valence-electron chi connectivity index (χ4n) is 1.52. The largest absolute Gasteiger partial charge is 0.451 e. The van der Waals surface area contributed by atoms with Crippen LogP contribution in [-0.2, 0) is 0 Å². The minimum atomic E-state index is -0.980. The van der Waals surface area contributed by atoms with E-state index in [2.05, 4.69) is 0 Å². The summed E-state index contributed by atoms with van der Waals surface area (Å²) in [5.41, 5.74) is 5.10. The van der Waals surface area contributed by atoms with Crippen molar-refractivity contribution in [2.24, 2.45) is 5.73 Å². The van der Waals surface area contributed by atoms with Crippen LogP contribution in [0.5, 0.6) is 11.5 Å². The minimum absolute atomic E-state index is 0.0727. The zero-order valence-electron chi connectivity index (χ0n) is 9.88. The van der Waals surface area contributed by atoms with Crippen molar-refractivity contribution in [3.8, 4) is 11.5 Å². The van der Waals surface area contributed by atoms with E-state index in [1.807, 2.05) is 0 Å². The van der Waals surface area contributed by atoms with Crippen LogP contribution in [0.4, 0.5) is 8.78 Å². The van der Waals surface area contributed by atoms with Crippen molar-refractivity contribution in [1.29, 1.82) is 5.41 Å². The molecule has 20 heavy (non-hydrogen) atoms. The molecule has 104 valence electrons. The molecule has 3 N–H and O–H groups in total. The fraction of sp³-hybridized carbons (Fsp3) is 0. The molecule has 0 aliphatic carbocycles. The summed E-state index contributed by atoms with van der Waals surface area (Å²) in [7, 11) is 0. The van der Waals surface area contributed by atoms with Gasteiger partial charge in [0, 0.05) is 15.6 Å². The van der Waals surface area contributed by atoms with E-state index in [1.54, 1.807) is 0 Å². The summed E-state index contributed by atoms with van der Waals surface area (Å²) < 4.78 is 32.7. The van der Waals surface area contributed by atoms with Gasteiger partial charge in [-0.1, -0.05) is 23.2 Å². The summed E-state index contributed by atoms with van der Waals surface area (Å²) in [6.07, 6.45) is 0. The quantitative estimate of drug-likeness (QED) is 0.653. The third kappa shape index (κ3) is 3.18. The zero-order valence-corrected chi connectivity index (χ0v) is 11.4. The Hall–Kier alpha value is -1.85. The maximum Gasteiger partial charge on any atom is 0.198 e. The zero-order chi connectivity index (χ0) is 14.9. The average molecular weight is 317 g/mol. The number of ether oxygens (including phenoxy) is 1. The first-order valence-corrected chi connectivity index (χ1v) is 6.10. The number of nitrogens with one attached hydrogen (secondary N) is 1. The number of nitrogen functional groups attached to an aromatic ring is 1. The highest BCUT2D eigenvalue weighted by molar-refractivity contribution is 6.34. The molecule has 0 spiro atoms. The summed E-state index contributed by atoms with van der Waals surface area (Å²) >= 11 is 11.5. The standard InChI is InChI=1S/C13H8Cl2F2N2O/c14-7-3-8(15)5-9(4-7)20-12-10(16)1-6(13(18)19)2-11(12)17/h1-5H,(H3,18,19). The van der Waals surface area contributed by atoms with Crippen molar-refractivity contribution < 1.29 is 13.5 Å². The molecule has 0 radical (unpaired) electrons. The molecule has 0 saturated heterocycles. The predicted octanol–water partition coefficient (Wildman–Crippen LogP) is 4.35. The highest BCUT2D eigenvalue weighted by atomic mass is 35.5. The molecule has 0 aliphatic heterocycles. The molecule has 0 amide bonds. The number of hydrogen-bond acceptors (Lipinski definition) is 2. The third-order valence-corrected chi connectivity index (χ3v) is 2.80. The first-order valence-electron chi connectivity index (χ1n) is 5.34. The Morgan fingerprint density at radius 1 is 1.00 bits per heavy atom. The van der Waals surface area contributed by atoms with Crippen molar-refractivity contribution in [2.75, 3.05) is 0 Å². The number of hydrogen-bond donors (Lipinski definition) is 2. The van der Waals surface area contributed by atoms with E-state index in [0.29, 0.717) is 0 Å². The van der Waals surface area contributed by atoms with Crippen LogP contribution < -0.4 is 10.5 Å². The second kappa shape index (κ2) is 5.64. The van der Waals surface area contributed by atoms with Crippen LogP contribution >= 0.6 is 23.2 Å². The van der Waals surface area contributed by atoms with Gasteiger partial charge in [-0.25, -0.2) is 8.78 Å². The lowest BCUT2D eigenvalue weighted by Gasteiger charge is -2.10. The van der Waals surface area contributed by atoms with Gasteiger partial charge in [0.25, 0.3) is 0 Å². The first-order chi connectivity index (χ1) is 9.36. The molecule has 0 aliphatic rings. The summed E-state index contributed by atoms with van der Waals surface area (Å²) in [6.45, 7) is 0. The number of benzene rings is 2. The van der Waals surface area contributed by atoms with Gasteiger partial charge in [-0.05, 0) is 30.3 Å². The Morgan fingerprint density at radius 2 is 1.50 bits per heavy atom. The molecule has 0 bridgehead atoms. The SMILES string of the molecule is N=C(N)c1cc(F)c(Oc2cc(Cl)cc(Cl)c2)c(F)c1. The van der Waals surface area contributed by atoms with Crippen LogP contribution in [0.1, 0.15) is 5.56 Å². The lowest BCUT2D eigenvalue weighted by Crippen LogP contribution is -2.12. The summed E-state index contributed by atoms with van der Waals surface area (Å²) in [4.78, 5) is 0. The minimum Gasteiger partial charge on any atom is -0.451 e. The molecular weight excluding hydrogens is 309 g/mol. The molecule has 2 aromatic rings. The van der Waals surface area contributed by atoms with Gasteiger partial charge >= 0.3 is 0 Å². The van der Waals surface area contributed by atoms with E-state index < -0.39 is 23.2 Å². The Balaban J connectivity index is 2.41. The van der Waals surface area contributed by atoms with Gasteiger partial charge in [-0.2, -0.15) is 0 Å². The van der Waals surface area contributed by atoms with Crippen LogP contribution in [0.15, 0.2) is 30.3 Å². The van der Waals surface area contributed by atoms with Crippen molar-refractivity contribution in [1.82, 2.24) is 0 Å². The molecule has 0 atom stereocenters. The van der Waals surface area contributed by atoms with E-state index in [-0.39, 0.29) is 21.4 Å². The van der Waals surface area contributed by atoms with Crippen molar-refractivity contribution in [3.63, 3.8) is 0 Å². The highest BCUT2D eigenvalue weighted by Gasteiger charge is 2.15.